The molecule has 0 radical (unpaired) electrons. The van der Waals surface area contributed by atoms with Gasteiger partial charge in [0, 0.05) is 31.1 Å². The summed E-state index contributed by atoms with van der Waals surface area (Å²) in [5, 5.41) is 9.59. The molecule has 32 heavy (non-hydrogen) atoms. The van der Waals surface area contributed by atoms with Gasteiger partial charge in [0.05, 0.1) is 24.1 Å². The van der Waals surface area contributed by atoms with Crippen molar-refractivity contribution in [3.63, 3.8) is 0 Å². The first-order chi connectivity index (χ1) is 15.7. The fourth-order valence-corrected chi connectivity index (χ4v) is 5.95. The maximum atomic E-state index is 12.7. The van der Waals surface area contributed by atoms with Crippen molar-refractivity contribution in [3.8, 4) is 10.6 Å². The minimum atomic E-state index is -0.112. The van der Waals surface area contributed by atoms with Crippen LogP contribution in [0.5, 0.6) is 0 Å². The molecule has 1 saturated carbocycles. The lowest BCUT2D eigenvalue weighted by Gasteiger charge is -2.17. The zero-order valence-electron chi connectivity index (χ0n) is 18.0. The molecule has 1 aromatic heterocycles. The molecule has 2 fully saturated rings. The quantitative estimate of drug-likeness (QED) is 0.223. The first-order valence-electron chi connectivity index (χ1n) is 11.1. The number of carbonyl (C=O) groups is 2. The van der Waals surface area contributed by atoms with Gasteiger partial charge in [-0.15, -0.1) is 11.3 Å². The summed E-state index contributed by atoms with van der Waals surface area (Å²) >= 11 is 1.62. The van der Waals surface area contributed by atoms with E-state index in [4.69, 9.17) is 0 Å². The van der Waals surface area contributed by atoms with E-state index in [0.717, 1.165) is 22.7 Å². The fourth-order valence-electron chi connectivity index (χ4n) is 5.12. The number of rotatable bonds is 7. The second-order valence-electron chi connectivity index (χ2n) is 8.54. The highest BCUT2D eigenvalue weighted by Crippen LogP contribution is 2.52. The molecule has 2 N–H and O–H groups in total. The standard InChI is InChI=1S/C24H27N5O2S/c1-25-24(27-13-18-14-32-21(28-18)15-6-3-2-4-7-15)26-10-5-11-29-22(30)19-16-8-9-17(12-16)20(19)23(29)31/h2-4,6-9,14,16-17,19-20H,5,10-13H2,1H3,(H2,25,26,27). The van der Waals surface area contributed by atoms with Gasteiger partial charge in [0.15, 0.2) is 5.96 Å². The number of fused-ring (bicyclic) bond motifs is 5. The van der Waals surface area contributed by atoms with Crippen LogP contribution in [0.2, 0.25) is 0 Å². The highest BCUT2D eigenvalue weighted by molar-refractivity contribution is 7.13. The summed E-state index contributed by atoms with van der Waals surface area (Å²) < 4.78 is 0. The molecule has 4 unspecified atom stereocenters. The SMILES string of the molecule is CN=C(NCCCN1C(=O)C2C3C=CC(C3)C2C1=O)NCc1csc(-c2ccccc2)n1. The predicted molar refractivity (Wildman–Crippen MR) is 125 cm³/mol. The third-order valence-corrected chi connectivity index (χ3v) is 7.59. The maximum Gasteiger partial charge on any atom is 0.233 e. The van der Waals surface area contributed by atoms with Crippen LogP contribution < -0.4 is 10.6 Å². The van der Waals surface area contributed by atoms with E-state index in [1.165, 1.54) is 4.90 Å². The Morgan fingerprint density at radius 3 is 2.53 bits per heavy atom. The van der Waals surface area contributed by atoms with E-state index >= 15 is 0 Å². The van der Waals surface area contributed by atoms with Crippen LogP contribution >= 0.6 is 11.3 Å². The Hall–Kier alpha value is -3.00. The Kier molecular flexibility index (Phi) is 5.78. The second-order valence-corrected chi connectivity index (χ2v) is 9.40. The summed E-state index contributed by atoms with van der Waals surface area (Å²) in [6.07, 6.45) is 5.91. The van der Waals surface area contributed by atoms with Gasteiger partial charge < -0.3 is 10.6 Å². The average molecular weight is 450 g/mol. The Bertz CT molecular complexity index is 1030. The smallest absolute Gasteiger partial charge is 0.233 e. The molecule has 4 atom stereocenters. The summed E-state index contributed by atoms with van der Waals surface area (Å²) in [5.41, 5.74) is 2.07. The highest BCUT2D eigenvalue weighted by atomic mass is 32.1. The van der Waals surface area contributed by atoms with Crippen molar-refractivity contribution in [2.75, 3.05) is 20.1 Å². The van der Waals surface area contributed by atoms with E-state index in [0.29, 0.717) is 32.0 Å². The van der Waals surface area contributed by atoms with Gasteiger partial charge in [-0.2, -0.15) is 0 Å². The number of amides is 2. The number of imide groups is 1. The molecular formula is C24H27N5O2S. The molecule has 1 aromatic carbocycles. The third-order valence-electron chi connectivity index (χ3n) is 6.65. The molecule has 166 valence electrons. The number of hydrogen-bond acceptors (Lipinski definition) is 5. The van der Waals surface area contributed by atoms with Crippen LogP contribution in [0, 0.1) is 23.7 Å². The van der Waals surface area contributed by atoms with Crippen LogP contribution in [0.15, 0.2) is 52.9 Å². The number of allylic oxidation sites excluding steroid dienone is 2. The number of thiazole rings is 1. The van der Waals surface area contributed by atoms with Crippen molar-refractivity contribution in [2.45, 2.75) is 19.4 Å². The van der Waals surface area contributed by atoms with Crippen molar-refractivity contribution in [1.82, 2.24) is 20.5 Å². The number of nitrogens with zero attached hydrogens (tertiary/aromatic N) is 3. The lowest BCUT2D eigenvalue weighted by Crippen LogP contribution is -2.39. The van der Waals surface area contributed by atoms with Gasteiger partial charge in [0.2, 0.25) is 11.8 Å². The van der Waals surface area contributed by atoms with Crippen molar-refractivity contribution >= 4 is 29.1 Å². The Balaban J connectivity index is 1.07. The van der Waals surface area contributed by atoms with Gasteiger partial charge in [-0.3, -0.25) is 19.5 Å². The van der Waals surface area contributed by atoms with Crippen LogP contribution in [0.25, 0.3) is 10.6 Å². The molecule has 3 aliphatic rings. The van der Waals surface area contributed by atoms with Crippen LogP contribution in [0.4, 0.5) is 0 Å². The van der Waals surface area contributed by atoms with E-state index < -0.39 is 0 Å². The number of nitrogens with one attached hydrogen (secondary N) is 2. The average Bonchev–Trinajstić information content (AvgIpc) is 3.60. The van der Waals surface area contributed by atoms with Crippen molar-refractivity contribution in [2.24, 2.45) is 28.7 Å². The first-order valence-corrected chi connectivity index (χ1v) is 12.0. The summed E-state index contributed by atoms with van der Waals surface area (Å²) in [5.74, 6) is 1.03. The van der Waals surface area contributed by atoms with Gasteiger partial charge in [-0.05, 0) is 24.7 Å². The van der Waals surface area contributed by atoms with E-state index in [-0.39, 0.29) is 35.5 Å². The number of carbonyl (C=O) groups excluding carboxylic acids is 2. The van der Waals surface area contributed by atoms with Gasteiger partial charge in [0.25, 0.3) is 0 Å². The summed E-state index contributed by atoms with van der Waals surface area (Å²) in [6.45, 7) is 1.66. The van der Waals surface area contributed by atoms with Gasteiger partial charge in [-0.25, -0.2) is 4.98 Å². The van der Waals surface area contributed by atoms with E-state index in [9.17, 15) is 9.59 Å². The second kappa shape index (κ2) is 8.86. The fraction of sp³-hybridized carbons (Fsp3) is 0.417. The molecule has 2 amide bonds. The molecule has 1 aliphatic heterocycles. The molecule has 0 spiro atoms. The van der Waals surface area contributed by atoms with Gasteiger partial charge >= 0.3 is 0 Å². The zero-order valence-corrected chi connectivity index (χ0v) is 18.8. The van der Waals surface area contributed by atoms with E-state index in [2.05, 4.69) is 44.9 Å². The monoisotopic (exact) mass is 449 g/mol. The predicted octanol–water partition coefficient (Wildman–Crippen LogP) is 2.67. The topological polar surface area (TPSA) is 86.7 Å². The van der Waals surface area contributed by atoms with Gasteiger partial charge in [0.1, 0.15) is 5.01 Å². The lowest BCUT2D eigenvalue weighted by molar-refractivity contribution is -0.140. The van der Waals surface area contributed by atoms with E-state index in [1.807, 2.05) is 23.6 Å². The normalized spacial score (nSPS) is 26.2. The van der Waals surface area contributed by atoms with Crippen LogP contribution in [0.3, 0.4) is 0 Å². The number of aromatic nitrogens is 1. The van der Waals surface area contributed by atoms with Gasteiger partial charge in [-0.1, -0.05) is 42.5 Å². The lowest BCUT2D eigenvalue weighted by atomic mass is 9.85. The minimum absolute atomic E-state index is 0.0251. The minimum Gasteiger partial charge on any atom is -0.356 e. The molecule has 1 saturated heterocycles. The zero-order chi connectivity index (χ0) is 22.1. The number of hydrogen-bond donors (Lipinski definition) is 2. The summed E-state index contributed by atoms with van der Waals surface area (Å²) in [4.78, 5) is 35.9. The highest BCUT2D eigenvalue weighted by Gasteiger charge is 2.58. The third kappa shape index (κ3) is 3.83. The van der Waals surface area contributed by atoms with Crippen molar-refractivity contribution in [3.05, 3.63) is 53.6 Å². The molecule has 2 aliphatic carbocycles. The van der Waals surface area contributed by atoms with Crippen LogP contribution in [0.1, 0.15) is 18.5 Å². The molecule has 2 bridgehead atoms. The molecular weight excluding hydrogens is 422 g/mol. The molecule has 8 heteroatoms. The number of benzene rings is 1. The van der Waals surface area contributed by atoms with Crippen molar-refractivity contribution in [1.29, 1.82) is 0 Å². The molecule has 2 aromatic rings. The first kappa shape index (κ1) is 20.9. The number of aliphatic imine (C=N–C) groups is 1. The number of likely N-dealkylation sites (tertiary alicyclic amines) is 1. The Labute approximate surface area is 191 Å². The Morgan fingerprint density at radius 2 is 1.84 bits per heavy atom. The Morgan fingerprint density at radius 1 is 1.12 bits per heavy atom. The van der Waals surface area contributed by atoms with E-state index in [1.54, 1.807) is 18.4 Å². The summed E-state index contributed by atoms with van der Waals surface area (Å²) in [6, 6.07) is 10.1. The molecule has 7 nitrogen and oxygen atoms in total. The van der Waals surface area contributed by atoms with Crippen LogP contribution in [-0.2, 0) is 16.1 Å². The van der Waals surface area contributed by atoms with Crippen molar-refractivity contribution < 1.29 is 9.59 Å². The largest absolute Gasteiger partial charge is 0.356 e. The maximum absolute atomic E-state index is 12.7. The molecule has 2 heterocycles. The summed E-state index contributed by atoms with van der Waals surface area (Å²) in [7, 11) is 1.73. The number of guanidine groups is 1. The van der Waals surface area contributed by atoms with Crippen LogP contribution in [-0.4, -0.2) is 47.8 Å². The molecule has 5 rings (SSSR count).